The predicted molar refractivity (Wildman–Crippen MR) is 88.2 cm³/mol. The minimum absolute atomic E-state index is 0.269. The van der Waals surface area contributed by atoms with Gasteiger partial charge in [-0.1, -0.05) is 37.6 Å². The fourth-order valence-corrected chi connectivity index (χ4v) is 2.35. The topological polar surface area (TPSA) is 89.8 Å². The van der Waals surface area contributed by atoms with Crippen LogP contribution < -0.4 is 5.32 Å². The molecule has 5 nitrogen and oxygen atoms in total. The van der Waals surface area contributed by atoms with Crippen LogP contribution in [0.2, 0.25) is 5.02 Å². The summed E-state index contributed by atoms with van der Waals surface area (Å²) in [6, 6.07) is 9.31. The zero-order chi connectivity index (χ0) is 17.2. The number of nitrogens with one attached hydrogen (secondary N) is 1. The number of benzene rings is 2. The van der Waals surface area contributed by atoms with E-state index in [1.165, 1.54) is 0 Å². The van der Waals surface area contributed by atoms with Crippen LogP contribution in [0.4, 0.5) is 0 Å². The highest BCUT2D eigenvalue weighted by atomic mass is 35.5. The zero-order valence-electron chi connectivity index (χ0n) is 12.8. The van der Waals surface area contributed by atoms with Crippen LogP contribution >= 0.6 is 11.6 Å². The van der Waals surface area contributed by atoms with Crippen molar-refractivity contribution < 1.29 is 20.1 Å². The Kier molecular flexibility index (Phi) is 4.71. The molecule has 0 radical (unpaired) electrons. The van der Waals surface area contributed by atoms with E-state index in [0.717, 1.165) is 17.7 Å². The second-order valence-corrected chi connectivity index (χ2v) is 6.37. The highest BCUT2D eigenvalue weighted by molar-refractivity contribution is 6.30. The van der Waals surface area contributed by atoms with Crippen LogP contribution in [0.1, 0.15) is 29.8 Å². The number of carbonyl (C=O) groups is 1. The Morgan fingerprint density at radius 2 is 1.61 bits per heavy atom. The van der Waals surface area contributed by atoms with Gasteiger partial charge in [0.05, 0.1) is 0 Å². The molecule has 6 heteroatoms. The number of rotatable bonds is 4. The van der Waals surface area contributed by atoms with E-state index in [-0.39, 0.29) is 23.3 Å². The Labute approximate surface area is 139 Å². The Bertz CT molecular complexity index is 703. The highest BCUT2D eigenvalue weighted by Gasteiger charge is 2.24. The molecule has 0 aromatic heterocycles. The van der Waals surface area contributed by atoms with E-state index in [1.807, 2.05) is 26.0 Å². The van der Waals surface area contributed by atoms with E-state index >= 15 is 0 Å². The highest BCUT2D eigenvalue weighted by Crippen LogP contribution is 2.32. The lowest BCUT2D eigenvalue weighted by Crippen LogP contribution is -2.36. The minimum atomic E-state index is -0.623. The average Bonchev–Trinajstić information content (AvgIpc) is 2.44. The lowest BCUT2D eigenvalue weighted by Gasteiger charge is -2.26. The second kappa shape index (κ2) is 6.38. The van der Waals surface area contributed by atoms with Crippen molar-refractivity contribution in [3.63, 3.8) is 0 Å². The first-order valence-electron chi connectivity index (χ1n) is 7.00. The van der Waals surface area contributed by atoms with Gasteiger partial charge in [-0.2, -0.15) is 0 Å². The van der Waals surface area contributed by atoms with Crippen LogP contribution in [0.5, 0.6) is 17.2 Å². The van der Waals surface area contributed by atoms with Gasteiger partial charge in [-0.05, 0) is 17.7 Å². The minimum Gasteiger partial charge on any atom is -0.508 e. The predicted octanol–water partition coefficient (Wildman–Crippen LogP) is 3.16. The first-order chi connectivity index (χ1) is 10.7. The first kappa shape index (κ1) is 17.0. The molecule has 0 atom stereocenters. The van der Waals surface area contributed by atoms with Gasteiger partial charge in [-0.25, -0.2) is 0 Å². The van der Waals surface area contributed by atoms with E-state index in [1.54, 1.807) is 12.1 Å². The van der Waals surface area contributed by atoms with E-state index in [2.05, 4.69) is 5.32 Å². The molecule has 1 amide bonds. The summed E-state index contributed by atoms with van der Waals surface area (Å²) >= 11 is 5.87. The maximum absolute atomic E-state index is 12.2. The van der Waals surface area contributed by atoms with Crippen molar-refractivity contribution in [2.45, 2.75) is 19.3 Å². The molecular formula is C17H18ClNO4. The molecule has 122 valence electrons. The van der Waals surface area contributed by atoms with Gasteiger partial charge in [0.2, 0.25) is 0 Å². The van der Waals surface area contributed by atoms with Crippen molar-refractivity contribution in [3.8, 4) is 17.2 Å². The largest absolute Gasteiger partial charge is 0.508 e. The molecule has 0 spiro atoms. The standard InChI is InChI=1S/C17H18ClNO4/c1-17(2,10-3-5-11(18)6-4-10)9-19-16(23)15-13(21)7-12(20)8-14(15)22/h3-8,20-22H,9H2,1-2H3,(H,19,23). The third-order valence-electron chi connectivity index (χ3n) is 3.63. The Morgan fingerprint density at radius 1 is 1.09 bits per heavy atom. The summed E-state index contributed by atoms with van der Waals surface area (Å²) in [5, 5.41) is 32.0. The van der Waals surface area contributed by atoms with Gasteiger partial charge < -0.3 is 20.6 Å². The van der Waals surface area contributed by atoms with Gasteiger partial charge in [0.1, 0.15) is 22.8 Å². The van der Waals surface area contributed by atoms with Crippen molar-refractivity contribution in [3.05, 3.63) is 52.5 Å². The summed E-state index contributed by atoms with van der Waals surface area (Å²) < 4.78 is 0. The average molecular weight is 336 g/mol. The molecular weight excluding hydrogens is 318 g/mol. The number of hydrogen-bond acceptors (Lipinski definition) is 4. The monoisotopic (exact) mass is 335 g/mol. The molecule has 0 bridgehead atoms. The van der Waals surface area contributed by atoms with Gasteiger partial charge in [0.15, 0.2) is 0 Å². The summed E-state index contributed by atoms with van der Waals surface area (Å²) in [5.74, 6) is -1.91. The van der Waals surface area contributed by atoms with Crippen LogP contribution in [-0.4, -0.2) is 27.8 Å². The fraction of sp³-hybridized carbons (Fsp3) is 0.235. The number of carbonyl (C=O) groups excluding carboxylic acids is 1. The van der Waals surface area contributed by atoms with E-state index in [9.17, 15) is 20.1 Å². The lowest BCUT2D eigenvalue weighted by atomic mass is 9.84. The van der Waals surface area contributed by atoms with Crippen LogP contribution in [-0.2, 0) is 5.41 Å². The number of phenolic OH excluding ortho intramolecular Hbond substituents is 3. The van der Waals surface area contributed by atoms with Crippen LogP contribution in [0.15, 0.2) is 36.4 Å². The lowest BCUT2D eigenvalue weighted by molar-refractivity contribution is 0.0940. The van der Waals surface area contributed by atoms with Crippen molar-refractivity contribution in [1.29, 1.82) is 0 Å². The smallest absolute Gasteiger partial charge is 0.258 e. The molecule has 23 heavy (non-hydrogen) atoms. The molecule has 0 saturated carbocycles. The molecule has 4 N–H and O–H groups in total. The van der Waals surface area contributed by atoms with Gasteiger partial charge >= 0.3 is 0 Å². The van der Waals surface area contributed by atoms with Gasteiger partial charge in [0, 0.05) is 29.1 Å². The summed E-state index contributed by atoms with van der Waals surface area (Å²) in [7, 11) is 0. The third-order valence-corrected chi connectivity index (χ3v) is 3.88. The van der Waals surface area contributed by atoms with Gasteiger partial charge in [-0.3, -0.25) is 4.79 Å². The summed E-state index contributed by atoms with van der Waals surface area (Å²) in [5.41, 5.74) is 0.346. The molecule has 0 aliphatic carbocycles. The van der Waals surface area contributed by atoms with Crippen LogP contribution in [0, 0.1) is 0 Å². The summed E-state index contributed by atoms with van der Waals surface area (Å²) in [4.78, 5) is 12.2. The SMILES string of the molecule is CC(C)(CNC(=O)c1c(O)cc(O)cc1O)c1ccc(Cl)cc1. The number of hydrogen-bond donors (Lipinski definition) is 4. The van der Waals surface area contributed by atoms with Crippen molar-refractivity contribution in [2.75, 3.05) is 6.54 Å². The van der Waals surface area contributed by atoms with Crippen molar-refractivity contribution in [2.24, 2.45) is 0 Å². The summed E-state index contributed by atoms with van der Waals surface area (Å²) in [6.45, 7) is 4.19. The summed E-state index contributed by atoms with van der Waals surface area (Å²) in [6.07, 6.45) is 0. The third kappa shape index (κ3) is 3.87. The molecule has 0 aliphatic rings. The molecule has 2 rings (SSSR count). The van der Waals surface area contributed by atoms with Crippen LogP contribution in [0.3, 0.4) is 0 Å². The van der Waals surface area contributed by atoms with E-state index < -0.39 is 17.4 Å². The maximum atomic E-state index is 12.2. The molecule has 2 aromatic rings. The van der Waals surface area contributed by atoms with Crippen LogP contribution in [0.25, 0.3) is 0 Å². The van der Waals surface area contributed by atoms with Gasteiger partial charge in [-0.15, -0.1) is 0 Å². The van der Waals surface area contributed by atoms with Crippen molar-refractivity contribution >= 4 is 17.5 Å². The van der Waals surface area contributed by atoms with E-state index in [4.69, 9.17) is 11.6 Å². The second-order valence-electron chi connectivity index (χ2n) is 5.93. The molecule has 0 aliphatic heterocycles. The fourth-order valence-electron chi connectivity index (χ4n) is 2.22. The Hall–Kier alpha value is -2.40. The molecule has 0 unspecified atom stereocenters. The number of aromatic hydroxyl groups is 3. The molecule has 0 heterocycles. The zero-order valence-corrected chi connectivity index (χ0v) is 13.6. The normalized spacial score (nSPS) is 11.3. The maximum Gasteiger partial charge on any atom is 0.258 e. The first-order valence-corrected chi connectivity index (χ1v) is 7.38. The number of halogens is 1. The molecule has 0 saturated heterocycles. The molecule has 2 aromatic carbocycles. The number of phenols is 3. The van der Waals surface area contributed by atoms with E-state index in [0.29, 0.717) is 5.02 Å². The number of amides is 1. The Morgan fingerprint density at radius 3 is 2.13 bits per heavy atom. The Balaban J connectivity index is 2.14. The van der Waals surface area contributed by atoms with Gasteiger partial charge in [0.25, 0.3) is 5.91 Å². The molecule has 0 fully saturated rings. The van der Waals surface area contributed by atoms with Crippen molar-refractivity contribution in [1.82, 2.24) is 5.32 Å². The quantitative estimate of drug-likeness (QED) is 0.691.